The average molecular weight is 396 g/mol. The maximum atomic E-state index is 12.0. The van der Waals surface area contributed by atoms with Gasteiger partial charge < -0.3 is 4.98 Å². The van der Waals surface area contributed by atoms with Gasteiger partial charge in [0.1, 0.15) is 11.1 Å². The number of sulfone groups is 1. The standard InChI is InChI=1S/C12H17IN2O3S/c1-7(19(2,17)18)11-14-10(8-5-3-4-6-8)9(13)12(16)15-11/h7-8H,3-6H2,1-2H3,(H,14,15,16). The van der Waals surface area contributed by atoms with Gasteiger partial charge in [0.2, 0.25) is 0 Å². The molecule has 19 heavy (non-hydrogen) atoms. The third-order valence-corrected chi connectivity index (χ3v) is 6.23. The Morgan fingerprint density at radius 1 is 1.37 bits per heavy atom. The van der Waals surface area contributed by atoms with Crippen LogP contribution in [0.5, 0.6) is 0 Å². The Labute approximate surface area is 126 Å². The number of H-pyrrole nitrogens is 1. The van der Waals surface area contributed by atoms with Crippen molar-refractivity contribution < 1.29 is 8.42 Å². The predicted octanol–water partition coefficient (Wildman–Crippen LogP) is 2.14. The summed E-state index contributed by atoms with van der Waals surface area (Å²) in [6.45, 7) is 1.55. The first kappa shape index (κ1) is 15.0. The van der Waals surface area contributed by atoms with Gasteiger partial charge in [-0.25, -0.2) is 13.4 Å². The summed E-state index contributed by atoms with van der Waals surface area (Å²) in [5.74, 6) is 0.550. The van der Waals surface area contributed by atoms with Crippen molar-refractivity contribution in [3.63, 3.8) is 0 Å². The normalized spacial score (nSPS) is 18.7. The molecule has 5 nitrogen and oxygen atoms in total. The summed E-state index contributed by atoms with van der Waals surface area (Å²) in [5.41, 5.74) is 0.537. The summed E-state index contributed by atoms with van der Waals surface area (Å²) in [7, 11) is -3.26. The smallest absolute Gasteiger partial charge is 0.264 e. The third kappa shape index (κ3) is 3.18. The van der Waals surface area contributed by atoms with E-state index in [0.717, 1.165) is 37.6 Å². The first-order chi connectivity index (χ1) is 8.80. The van der Waals surface area contributed by atoms with Gasteiger partial charge in [0, 0.05) is 12.2 Å². The minimum atomic E-state index is -3.26. The summed E-state index contributed by atoms with van der Waals surface area (Å²) in [6, 6.07) is 0. The lowest BCUT2D eigenvalue weighted by Gasteiger charge is -2.14. The monoisotopic (exact) mass is 396 g/mol. The van der Waals surface area contributed by atoms with E-state index in [0.29, 0.717) is 9.49 Å². The summed E-state index contributed by atoms with van der Waals surface area (Å²) in [5, 5.41) is -0.780. The molecule has 0 aliphatic heterocycles. The van der Waals surface area contributed by atoms with Gasteiger partial charge in [0.05, 0.1) is 9.26 Å². The highest BCUT2D eigenvalue weighted by Gasteiger charge is 2.26. The van der Waals surface area contributed by atoms with E-state index in [-0.39, 0.29) is 11.4 Å². The summed E-state index contributed by atoms with van der Waals surface area (Å²) in [6.07, 6.45) is 5.50. The number of rotatable bonds is 3. The molecule has 0 saturated heterocycles. The first-order valence-corrected chi connectivity index (χ1v) is 9.32. The van der Waals surface area contributed by atoms with Crippen LogP contribution in [0.1, 0.15) is 55.3 Å². The second-order valence-electron chi connectivity index (χ2n) is 5.10. The predicted molar refractivity (Wildman–Crippen MR) is 82.0 cm³/mol. The fourth-order valence-electron chi connectivity index (χ4n) is 2.36. The molecule has 1 atom stereocenters. The maximum absolute atomic E-state index is 12.0. The molecular weight excluding hydrogens is 379 g/mol. The molecule has 7 heteroatoms. The highest BCUT2D eigenvalue weighted by molar-refractivity contribution is 14.1. The Kier molecular flexibility index (Phi) is 4.34. The average Bonchev–Trinajstić information content (AvgIpc) is 2.83. The van der Waals surface area contributed by atoms with Gasteiger partial charge in [0.25, 0.3) is 5.56 Å². The number of nitrogens with one attached hydrogen (secondary N) is 1. The molecule has 0 spiro atoms. The fourth-order valence-corrected chi connectivity index (χ4v) is 3.57. The van der Waals surface area contributed by atoms with Gasteiger partial charge >= 0.3 is 0 Å². The quantitative estimate of drug-likeness (QED) is 0.794. The van der Waals surface area contributed by atoms with E-state index in [2.05, 4.69) is 9.97 Å². The zero-order chi connectivity index (χ0) is 14.2. The Bertz CT molecular complexity index is 633. The molecular formula is C12H17IN2O3S. The van der Waals surface area contributed by atoms with Gasteiger partial charge in [-0.1, -0.05) is 12.8 Å². The number of aromatic nitrogens is 2. The number of hydrogen-bond donors (Lipinski definition) is 1. The van der Waals surface area contributed by atoms with Crippen molar-refractivity contribution in [2.75, 3.05) is 6.26 Å². The molecule has 0 radical (unpaired) electrons. The minimum Gasteiger partial charge on any atom is -0.309 e. The van der Waals surface area contributed by atoms with Crippen LogP contribution in [-0.2, 0) is 9.84 Å². The van der Waals surface area contributed by atoms with Gasteiger partial charge in [-0.15, -0.1) is 0 Å². The van der Waals surface area contributed by atoms with Crippen molar-refractivity contribution >= 4 is 32.4 Å². The van der Waals surface area contributed by atoms with E-state index in [9.17, 15) is 13.2 Å². The second kappa shape index (κ2) is 5.51. The molecule has 106 valence electrons. The lowest BCUT2D eigenvalue weighted by atomic mass is 10.0. The van der Waals surface area contributed by atoms with Crippen LogP contribution in [0.2, 0.25) is 0 Å². The third-order valence-electron chi connectivity index (χ3n) is 3.68. The Hall–Kier alpha value is -0.440. The summed E-state index contributed by atoms with van der Waals surface area (Å²) < 4.78 is 23.8. The summed E-state index contributed by atoms with van der Waals surface area (Å²) in [4.78, 5) is 19.0. The summed E-state index contributed by atoms with van der Waals surface area (Å²) >= 11 is 2.00. The van der Waals surface area contributed by atoms with Crippen LogP contribution in [0.3, 0.4) is 0 Å². The van der Waals surface area contributed by atoms with E-state index in [4.69, 9.17) is 0 Å². The number of nitrogens with zero attached hydrogens (tertiary/aromatic N) is 1. The highest BCUT2D eigenvalue weighted by atomic mass is 127. The minimum absolute atomic E-state index is 0.233. The first-order valence-electron chi connectivity index (χ1n) is 6.29. The van der Waals surface area contributed by atoms with Crippen LogP contribution in [0.4, 0.5) is 0 Å². The van der Waals surface area contributed by atoms with Gasteiger partial charge in [-0.3, -0.25) is 4.79 Å². The molecule has 0 aromatic carbocycles. The number of aromatic amines is 1. The molecule has 0 amide bonds. The van der Waals surface area contributed by atoms with Crippen molar-refractivity contribution in [1.29, 1.82) is 0 Å². The van der Waals surface area contributed by atoms with Crippen LogP contribution in [0.25, 0.3) is 0 Å². The number of hydrogen-bond acceptors (Lipinski definition) is 4. The zero-order valence-electron chi connectivity index (χ0n) is 10.9. The Balaban J connectivity index is 2.50. The topological polar surface area (TPSA) is 79.9 Å². The van der Waals surface area contributed by atoms with Gasteiger partial charge in [-0.2, -0.15) is 0 Å². The molecule has 1 aromatic rings. The molecule has 1 aliphatic rings. The van der Waals surface area contributed by atoms with Crippen molar-refractivity contribution in [3.05, 3.63) is 25.4 Å². The van der Waals surface area contributed by atoms with Crippen molar-refractivity contribution in [3.8, 4) is 0 Å². The molecule has 1 aliphatic carbocycles. The van der Waals surface area contributed by atoms with Crippen molar-refractivity contribution in [1.82, 2.24) is 9.97 Å². The second-order valence-corrected chi connectivity index (χ2v) is 8.55. The molecule has 1 unspecified atom stereocenters. The van der Waals surface area contributed by atoms with E-state index in [1.807, 2.05) is 22.6 Å². The van der Waals surface area contributed by atoms with Gasteiger partial charge in [0.15, 0.2) is 9.84 Å². The molecule has 0 bridgehead atoms. The highest BCUT2D eigenvalue weighted by Crippen LogP contribution is 2.34. The number of halogens is 1. The van der Waals surface area contributed by atoms with Crippen molar-refractivity contribution in [2.45, 2.75) is 43.8 Å². The van der Waals surface area contributed by atoms with Crippen LogP contribution in [-0.4, -0.2) is 24.6 Å². The Morgan fingerprint density at radius 3 is 2.47 bits per heavy atom. The lowest BCUT2D eigenvalue weighted by Crippen LogP contribution is -2.23. The van der Waals surface area contributed by atoms with Crippen molar-refractivity contribution in [2.24, 2.45) is 0 Å². The van der Waals surface area contributed by atoms with Crippen LogP contribution < -0.4 is 5.56 Å². The van der Waals surface area contributed by atoms with Crippen LogP contribution >= 0.6 is 22.6 Å². The van der Waals surface area contributed by atoms with Crippen LogP contribution in [0, 0.1) is 3.57 Å². The molecule has 1 N–H and O–H groups in total. The maximum Gasteiger partial charge on any atom is 0.264 e. The molecule has 1 aromatic heterocycles. The molecule has 1 saturated carbocycles. The SMILES string of the molecule is CC(c1nc(C2CCCC2)c(I)c(=O)[nH]1)S(C)(=O)=O. The molecule has 1 heterocycles. The zero-order valence-corrected chi connectivity index (χ0v) is 13.9. The van der Waals surface area contributed by atoms with Crippen LogP contribution in [0.15, 0.2) is 4.79 Å². The molecule has 1 fully saturated rings. The Morgan fingerprint density at radius 2 is 1.95 bits per heavy atom. The fraction of sp³-hybridized carbons (Fsp3) is 0.667. The molecule has 2 rings (SSSR count). The largest absolute Gasteiger partial charge is 0.309 e. The van der Waals surface area contributed by atoms with Gasteiger partial charge in [-0.05, 0) is 42.4 Å². The van der Waals surface area contributed by atoms with E-state index >= 15 is 0 Å². The van der Waals surface area contributed by atoms with E-state index in [1.165, 1.54) is 0 Å². The van der Waals surface area contributed by atoms with E-state index < -0.39 is 15.1 Å². The van der Waals surface area contributed by atoms with E-state index in [1.54, 1.807) is 6.92 Å². The lowest BCUT2D eigenvalue weighted by molar-refractivity contribution is 0.587.